The van der Waals surface area contributed by atoms with Crippen molar-refractivity contribution in [3.05, 3.63) is 35.7 Å². The van der Waals surface area contributed by atoms with Crippen molar-refractivity contribution in [3.63, 3.8) is 0 Å². The highest BCUT2D eigenvalue weighted by atomic mass is 16.1. The van der Waals surface area contributed by atoms with Crippen LogP contribution in [0.3, 0.4) is 0 Å². The number of rotatable bonds is 3. The summed E-state index contributed by atoms with van der Waals surface area (Å²) in [5.74, 6) is -0.391. The van der Waals surface area contributed by atoms with Gasteiger partial charge in [0.2, 0.25) is 5.91 Å². The van der Waals surface area contributed by atoms with Gasteiger partial charge in [-0.25, -0.2) is 4.98 Å². The molecule has 0 radical (unpaired) electrons. The van der Waals surface area contributed by atoms with Gasteiger partial charge in [-0.15, -0.1) is 0 Å². The predicted molar refractivity (Wildman–Crippen MR) is 51.8 cm³/mol. The molecule has 0 saturated carbocycles. The Morgan fingerprint density at radius 3 is 3.07 bits per heavy atom. The molecule has 2 N–H and O–H groups in total. The predicted octanol–water partition coefficient (Wildman–Crippen LogP) is 0.842. The van der Waals surface area contributed by atoms with Crippen molar-refractivity contribution >= 4 is 12.0 Å². The first-order chi connectivity index (χ1) is 6.72. The number of pyridine rings is 1. The molecule has 0 spiro atoms. The van der Waals surface area contributed by atoms with Gasteiger partial charge in [-0.1, -0.05) is 12.1 Å². The Bertz CT molecular complexity index is 404. The molecule has 1 heterocycles. The molecule has 0 aliphatic carbocycles. The molecule has 0 saturated heterocycles. The van der Waals surface area contributed by atoms with E-state index in [0.717, 1.165) is 0 Å². The number of aromatic nitrogens is 1. The second kappa shape index (κ2) is 4.77. The lowest BCUT2D eigenvalue weighted by Crippen LogP contribution is -2.07. The Morgan fingerprint density at radius 1 is 1.64 bits per heavy atom. The maximum absolute atomic E-state index is 10.4. The Labute approximate surface area is 81.7 Å². The molecule has 1 rings (SSSR count). The maximum atomic E-state index is 10.4. The van der Waals surface area contributed by atoms with Crippen LogP contribution >= 0.6 is 0 Å². The third-order valence-electron chi connectivity index (χ3n) is 1.49. The lowest BCUT2D eigenvalue weighted by Gasteiger charge is -1.92. The summed E-state index contributed by atoms with van der Waals surface area (Å²) < 4.78 is 0. The highest BCUT2D eigenvalue weighted by Crippen LogP contribution is 2.01. The normalized spacial score (nSPS) is 9.93. The molecule has 1 aromatic rings. The fourth-order valence-electron chi connectivity index (χ4n) is 0.902. The Kier molecular flexibility index (Phi) is 3.39. The minimum absolute atomic E-state index is 0.179. The van der Waals surface area contributed by atoms with Crippen LogP contribution in [-0.2, 0) is 4.79 Å². The lowest BCUT2D eigenvalue weighted by molar-refractivity contribution is -0.117. The van der Waals surface area contributed by atoms with Crippen molar-refractivity contribution in [2.24, 2.45) is 5.73 Å². The molecule has 0 fully saturated rings. The standard InChI is InChI=1S/C10H9N3O/c11-7-9-5-1-3-8(13-9)4-2-6-10(12)14/h1-5H,6H2,(H2,12,14). The smallest absolute Gasteiger partial charge is 0.221 e. The molecule has 4 heteroatoms. The maximum Gasteiger partial charge on any atom is 0.221 e. The first kappa shape index (κ1) is 9.93. The van der Waals surface area contributed by atoms with Crippen LogP contribution in [0.15, 0.2) is 24.3 Å². The van der Waals surface area contributed by atoms with Crippen LogP contribution in [0.4, 0.5) is 0 Å². The largest absolute Gasteiger partial charge is 0.369 e. The SMILES string of the molecule is N#Cc1cccc(C=CCC(N)=O)n1. The quantitative estimate of drug-likeness (QED) is 0.761. The summed E-state index contributed by atoms with van der Waals surface area (Å²) in [6, 6.07) is 7.03. The second-order valence-corrected chi connectivity index (χ2v) is 2.63. The van der Waals surface area contributed by atoms with Gasteiger partial charge >= 0.3 is 0 Å². The molecule has 0 bridgehead atoms. The molecule has 14 heavy (non-hydrogen) atoms. The van der Waals surface area contributed by atoms with Gasteiger partial charge < -0.3 is 5.73 Å². The van der Waals surface area contributed by atoms with Gasteiger partial charge in [0.25, 0.3) is 0 Å². The summed E-state index contributed by atoms with van der Waals surface area (Å²) in [6.07, 6.45) is 3.45. The van der Waals surface area contributed by atoms with Crippen LogP contribution in [0, 0.1) is 11.3 Å². The molecule has 0 unspecified atom stereocenters. The number of carbonyl (C=O) groups excluding carboxylic acids is 1. The van der Waals surface area contributed by atoms with E-state index in [1.165, 1.54) is 0 Å². The number of hydrogen-bond donors (Lipinski definition) is 1. The van der Waals surface area contributed by atoms with E-state index in [0.29, 0.717) is 11.4 Å². The van der Waals surface area contributed by atoms with E-state index in [-0.39, 0.29) is 6.42 Å². The zero-order chi connectivity index (χ0) is 10.4. The third-order valence-corrected chi connectivity index (χ3v) is 1.49. The molecule has 0 aliphatic heterocycles. The van der Waals surface area contributed by atoms with Crippen molar-refractivity contribution in [2.75, 3.05) is 0 Å². The van der Waals surface area contributed by atoms with E-state index >= 15 is 0 Å². The van der Waals surface area contributed by atoms with Crippen LogP contribution in [0.25, 0.3) is 6.08 Å². The fraction of sp³-hybridized carbons (Fsp3) is 0.100. The third kappa shape index (κ3) is 3.07. The van der Waals surface area contributed by atoms with Gasteiger partial charge in [0, 0.05) is 6.42 Å². The highest BCUT2D eigenvalue weighted by Gasteiger charge is 1.92. The van der Waals surface area contributed by atoms with E-state index < -0.39 is 5.91 Å². The Hall–Kier alpha value is -2.15. The van der Waals surface area contributed by atoms with E-state index in [1.54, 1.807) is 30.4 Å². The fourth-order valence-corrected chi connectivity index (χ4v) is 0.902. The van der Waals surface area contributed by atoms with Gasteiger partial charge in [0.15, 0.2) is 0 Å². The average Bonchev–Trinajstić information content (AvgIpc) is 2.18. The number of carbonyl (C=O) groups is 1. The minimum atomic E-state index is -0.391. The monoisotopic (exact) mass is 187 g/mol. The second-order valence-electron chi connectivity index (χ2n) is 2.63. The summed E-state index contributed by atoms with van der Waals surface area (Å²) >= 11 is 0. The molecular formula is C10H9N3O. The van der Waals surface area contributed by atoms with Crippen molar-refractivity contribution in [3.8, 4) is 6.07 Å². The Balaban J connectivity index is 2.72. The molecular weight excluding hydrogens is 178 g/mol. The van der Waals surface area contributed by atoms with Gasteiger partial charge in [-0.05, 0) is 18.2 Å². The number of nitrogens with two attached hydrogens (primary N) is 1. The summed E-state index contributed by atoms with van der Waals surface area (Å²) in [5.41, 5.74) is 5.95. The van der Waals surface area contributed by atoms with Crippen LogP contribution in [0.5, 0.6) is 0 Å². The molecule has 4 nitrogen and oxygen atoms in total. The lowest BCUT2D eigenvalue weighted by atomic mass is 10.2. The van der Waals surface area contributed by atoms with E-state index in [9.17, 15) is 4.79 Å². The number of nitriles is 1. The number of hydrogen-bond acceptors (Lipinski definition) is 3. The average molecular weight is 187 g/mol. The van der Waals surface area contributed by atoms with Crippen molar-refractivity contribution in [2.45, 2.75) is 6.42 Å². The summed E-state index contributed by atoms with van der Waals surface area (Å²) in [7, 11) is 0. The van der Waals surface area contributed by atoms with Gasteiger partial charge in [0.1, 0.15) is 11.8 Å². The summed E-state index contributed by atoms with van der Waals surface area (Å²) in [6.45, 7) is 0. The highest BCUT2D eigenvalue weighted by molar-refractivity contribution is 5.76. The zero-order valence-corrected chi connectivity index (χ0v) is 7.47. The van der Waals surface area contributed by atoms with Crippen molar-refractivity contribution < 1.29 is 4.79 Å². The van der Waals surface area contributed by atoms with Crippen LogP contribution < -0.4 is 5.73 Å². The topological polar surface area (TPSA) is 79.8 Å². The summed E-state index contributed by atoms with van der Waals surface area (Å²) in [5, 5.41) is 8.56. The number of amides is 1. The van der Waals surface area contributed by atoms with Crippen LogP contribution in [0.1, 0.15) is 17.8 Å². The van der Waals surface area contributed by atoms with Crippen molar-refractivity contribution in [1.82, 2.24) is 4.98 Å². The minimum Gasteiger partial charge on any atom is -0.369 e. The van der Waals surface area contributed by atoms with Crippen molar-refractivity contribution in [1.29, 1.82) is 5.26 Å². The van der Waals surface area contributed by atoms with E-state index in [4.69, 9.17) is 11.0 Å². The van der Waals surface area contributed by atoms with Gasteiger partial charge in [0.05, 0.1) is 5.69 Å². The summed E-state index contributed by atoms with van der Waals surface area (Å²) in [4.78, 5) is 14.4. The van der Waals surface area contributed by atoms with E-state index in [2.05, 4.69) is 4.98 Å². The number of nitrogens with zero attached hydrogens (tertiary/aromatic N) is 2. The molecule has 0 atom stereocenters. The number of primary amides is 1. The molecule has 0 aliphatic rings. The van der Waals surface area contributed by atoms with Gasteiger partial charge in [-0.3, -0.25) is 4.79 Å². The first-order valence-corrected chi connectivity index (χ1v) is 4.04. The first-order valence-electron chi connectivity index (χ1n) is 4.04. The van der Waals surface area contributed by atoms with Gasteiger partial charge in [-0.2, -0.15) is 5.26 Å². The zero-order valence-electron chi connectivity index (χ0n) is 7.47. The molecule has 1 aromatic heterocycles. The van der Waals surface area contributed by atoms with Crippen LogP contribution in [0.2, 0.25) is 0 Å². The Morgan fingerprint density at radius 2 is 2.43 bits per heavy atom. The molecule has 1 amide bonds. The molecule has 0 aromatic carbocycles. The van der Waals surface area contributed by atoms with E-state index in [1.807, 2.05) is 6.07 Å². The molecule has 70 valence electrons. The van der Waals surface area contributed by atoms with Crippen LogP contribution in [-0.4, -0.2) is 10.9 Å².